The molecule has 0 saturated heterocycles. The minimum atomic E-state index is -0.829. The predicted octanol–water partition coefficient (Wildman–Crippen LogP) is 4.34. The van der Waals surface area contributed by atoms with Crippen molar-refractivity contribution >= 4 is 17.0 Å². The summed E-state index contributed by atoms with van der Waals surface area (Å²) in [4.78, 5) is 11.7. The third kappa shape index (κ3) is 4.85. The van der Waals surface area contributed by atoms with Gasteiger partial charge in [-0.2, -0.15) is 0 Å². The van der Waals surface area contributed by atoms with Gasteiger partial charge in [-0.3, -0.25) is 4.79 Å². The molecule has 1 aliphatic rings. The molecular weight excluding hydrogens is 428 g/mol. The first-order valence-electron chi connectivity index (χ1n) is 12.0. The van der Waals surface area contributed by atoms with Crippen LogP contribution in [0.15, 0.2) is 48.7 Å². The summed E-state index contributed by atoms with van der Waals surface area (Å²) >= 11 is 0. The van der Waals surface area contributed by atoms with E-state index in [0.29, 0.717) is 5.92 Å². The number of hydrogen-bond acceptors (Lipinski definition) is 5. The fourth-order valence-electron chi connectivity index (χ4n) is 5.19. The van der Waals surface area contributed by atoms with Crippen LogP contribution in [0.5, 0.6) is 0 Å². The van der Waals surface area contributed by atoms with Crippen molar-refractivity contribution in [1.29, 1.82) is 0 Å². The highest BCUT2D eigenvalue weighted by molar-refractivity contribution is 5.76. The number of nitrogens with zero attached hydrogens (tertiary/aromatic N) is 6. The van der Waals surface area contributed by atoms with E-state index in [1.807, 2.05) is 43.6 Å². The Labute approximate surface area is 198 Å². The third-order valence-electron chi connectivity index (χ3n) is 7.01. The molecule has 2 aromatic carbocycles. The molecule has 1 atom stereocenters. The maximum absolute atomic E-state index is 11.7. The van der Waals surface area contributed by atoms with Crippen molar-refractivity contribution in [2.45, 2.75) is 57.4 Å². The fraction of sp³-hybridized carbons (Fsp3) is 0.423. The van der Waals surface area contributed by atoms with Crippen molar-refractivity contribution in [1.82, 2.24) is 30.0 Å². The Hall–Kier alpha value is -3.55. The summed E-state index contributed by atoms with van der Waals surface area (Å²) in [5, 5.41) is 26.5. The first-order valence-corrected chi connectivity index (χ1v) is 12.0. The van der Waals surface area contributed by atoms with Crippen molar-refractivity contribution in [3.05, 3.63) is 71.0 Å². The van der Waals surface area contributed by atoms with Crippen LogP contribution in [0.3, 0.4) is 0 Å². The second-order valence-electron chi connectivity index (χ2n) is 9.44. The molecule has 176 valence electrons. The average molecular weight is 459 g/mol. The van der Waals surface area contributed by atoms with Crippen molar-refractivity contribution in [2.24, 2.45) is 13.0 Å². The summed E-state index contributed by atoms with van der Waals surface area (Å²) in [5.41, 5.74) is 5.82. The van der Waals surface area contributed by atoms with E-state index >= 15 is 0 Å². The van der Waals surface area contributed by atoms with Gasteiger partial charge < -0.3 is 5.11 Å². The lowest BCUT2D eigenvalue weighted by atomic mass is 9.87. The van der Waals surface area contributed by atoms with Crippen LogP contribution in [0, 0.1) is 5.92 Å². The number of aliphatic carboxylic acids is 1. The second-order valence-corrected chi connectivity index (χ2v) is 9.44. The molecule has 1 N–H and O–H groups in total. The van der Waals surface area contributed by atoms with Gasteiger partial charge in [0.2, 0.25) is 0 Å². The van der Waals surface area contributed by atoms with Crippen LogP contribution in [0.2, 0.25) is 0 Å². The molecule has 1 aliphatic carbocycles. The van der Waals surface area contributed by atoms with Gasteiger partial charge in [0.15, 0.2) is 0 Å². The normalized spacial score (nSPS) is 15.6. The number of carbonyl (C=O) groups is 1. The molecule has 2 heterocycles. The van der Waals surface area contributed by atoms with Gasteiger partial charge in [-0.25, -0.2) is 9.36 Å². The van der Waals surface area contributed by atoms with Crippen LogP contribution in [-0.4, -0.2) is 41.1 Å². The molecule has 8 heteroatoms. The number of aromatic nitrogens is 6. The highest BCUT2D eigenvalue weighted by Gasteiger charge is 2.20. The van der Waals surface area contributed by atoms with Gasteiger partial charge in [0.25, 0.3) is 0 Å². The molecule has 1 saturated carbocycles. The van der Waals surface area contributed by atoms with E-state index in [-0.39, 0.29) is 12.3 Å². The van der Waals surface area contributed by atoms with Crippen LogP contribution in [0.25, 0.3) is 11.0 Å². The molecular formula is C26H30N6O2. The SMILES string of the molecule is Cn1nnc2cc(C(CC(=O)O)c3cccc(Cc4cnnn4CC4CCCCC4)c3)ccc21. The zero-order valence-corrected chi connectivity index (χ0v) is 19.5. The molecule has 34 heavy (non-hydrogen) atoms. The van der Waals surface area contributed by atoms with Crippen molar-refractivity contribution in [3.8, 4) is 0 Å². The number of carboxylic acids is 1. The lowest BCUT2D eigenvalue weighted by Crippen LogP contribution is -2.17. The molecule has 8 nitrogen and oxygen atoms in total. The molecule has 0 spiro atoms. The van der Waals surface area contributed by atoms with Gasteiger partial charge in [0, 0.05) is 25.9 Å². The average Bonchev–Trinajstić information content (AvgIpc) is 3.44. The largest absolute Gasteiger partial charge is 0.481 e. The van der Waals surface area contributed by atoms with Gasteiger partial charge in [-0.15, -0.1) is 10.2 Å². The van der Waals surface area contributed by atoms with Gasteiger partial charge in [0.1, 0.15) is 5.52 Å². The maximum Gasteiger partial charge on any atom is 0.304 e. The Bertz CT molecular complexity index is 1290. The fourth-order valence-corrected chi connectivity index (χ4v) is 5.19. The van der Waals surface area contributed by atoms with Crippen LogP contribution in [-0.2, 0) is 24.8 Å². The Morgan fingerprint density at radius 3 is 2.74 bits per heavy atom. The number of rotatable bonds is 8. The maximum atomic E-state index is 11.7. The summed E-state index contributed by atoms with van der Waals surface area (Å²) in [7, 11) is 1.85. The molecule has 4 aromatic rings. The molecule has 2 aromatic heterocycles. The lowest BCUT2D eigenvalue weighted by molar-refractivity contribution is -0.137. The zero-order valence-electron chi connectivity index (χ0n) is 19.5. The van der Waals surface area contributed by atoms with Gasteiger partial charge in [-0.05, 0) is 47.6 Å². The summed E-state index contributed by atoms with van der Waals surface area (Å²) in [6.07, 6.45) is 9.07. The zero-order chi connectivity index (χ0) is 23.5. The predicted molar refractivity (Wildman–Crippen MR) is 128 cm³/mol. The monoisotopic (exact) mass is 458 g/mol. The van der Waals surface area contributed by atoms with Gasteiger partial charge in [0.05, 0.1) is 23.8 Å². The molecule has 5 rings (SSSR count). The van der Waals surface area contributed by atoms with Gasteiger partial charge in [-0.1, -0.05) is 60.0 Å². The molecule has 1 fully saturated rings. The standard InChI is InChI=1S/C26H30N6O2/c1-31-25-11-10-21(14-24(25)28-30-31)23(15-26(33)34)20-9-5-8-19(12-20)13-22-16-27-29-32(22)17-18-6-3-2-4-7-18/h5,8-12,14,16,18,23H,2-4,6-7,13,15,17H2,1H3,(H,33,34). The highest BCUT2D eigenvalue weighted by Crippen LogP contribution is 2.31. The summed E-state index contributed by atoms with van der Waals surface area (Å²) in [6.45, 7) is 0.925. The minimum absolute atomic E-state index is 0.0103. The Morgan fingerprint density at radius 1 is 1.09 bits per heavy atom. The Morgan fingerprint density at radius 2 is 1.91 bits per heavy atom. The minimum Gasteiger partial charge on any atom is -0.481 e. The molecule has 0 radical (unpaired) electrons. The van der Waals surface area contributed by atoms with E-state index in [1.54, 1.807) is 4.68 Å². The van der Waals surface area contributed by atoms with E-state index in [0.717, 1.165) is 46.4 Å². The summed E-state index contributed by atoms with van der Waals surface area (Å²) < 4.78 is 3.77. The first-order chi connectivity index (χ1) is 16.6. The van der Waals surface area contributed by atoms with Crippen LogP contribution < -0.4 is 0 Å². The van der Waals surface area contributed by atoms with Gasteiger partial charge >= 0.3 is 5.97 Å². The van der Waals surface area contributed by atoms with Crippen molar-refractivity contribution in [3.63, 3.8) is 0 Å². The molecule has 0 aliphatic heterocycles. The molecule has 1 unspecified atom stereocenters. The number of aryl methyl sites for hydroxylation is 1. The first kappa shape index (κ1) is 22.3. The second kappa shape index (κ2) is 9.75. The topological polar surface area (TPSA) is 98.7 Å². The summed E-state index contributed by atoms with van der Waals surface area (Å²) in [6, 6.07) is 14.1. The van der Waals surface area contributed by atoms with Crippen LogP contribution >= 0.6 is 0 Å². The Kier molecular flexibility index (Phi) is 6.38. The van der Waals surface area contributed by atoms with E-state index in [4.69, 9.17) is 0 Å². The van der Waals surface area contributed by atoms with E-state index in [9.17, 15) is 9.90 Å². The smallest absolute Gasteiger partial charge is 0.304 e. The van der Waals surface area contributed by atoms with E-state index in [2.05, 4.69) is 37.4 Å². The molecule has 0 amide bonds. The number of carboxylic acid groups (broad SMARTS) is 1. The third-order valence-corrected chi connectivity index (χ3v) is 7.01. The van der Waals surface area contributed by atoms with E-state index < -0.39 is 5.97 Å². The summed E-state index contributed by atoms with van der Waals surface area (Å²) in [5.74, 6) is -0.421. The van der Waals surface area contributed by atoms with Crippen LogP contribution in [0.1, 0.15) is 66.8 Å². The van der Waals surface area contributed by atoms with E-state index in [1.165, 1.54) is 32.1 Å². The quantitative estimate of drug-likeness (QED) is 0.422. The Balaban J connectivity index is 1.40. The molecule has 0 bridgehead atoms. The number of fused-ring (bicyclic) bond motifs is 1. The van der Waals surface area contributed by atoms with Crippen LogP contribution in [0.4, 0.5) is 0 Å². The number of hydrogen-bond donors (Lipinski definition) is 1. The van der Waals surface area contributed by atoms with Crippen molar-refractivity contribution in [2.75, 3.05) is 0 Å². The van der Waals surface area contributed by atoms with Crippen molar-refractivity contribution < 1.29 is 9.90 Å². The number of benzene rings is 2. The highest BCUT2D eigenvalue weighted by atomic mass is 16.4. The lowest BCUT2D eigenvalue weighted by Gasteiger charge is -2.22.